The Morgan fingerprint density at radius 2 is 1.97 bits per heavy atom. The molecule has 1 aromatic carbocycles. The van der Waals surface area contributed by atoms with Crippen LogP contribution in [0.2, 0.25) is 0 Å². The van der Waals surface area contributed by atoms with Gasteiger partial charge in [0.2, 0.25) is 5.88 Å². The third kappa shape index (κ3) is 5.36. The summed E-state index contributed by atoms with van der Waals surface area (Å²) in [6.07, 6.45) is 2.66. The molecular formula is C27H29FN4O4. The first-order chi connectivity index (χ1) is 17.3. The highest BCUT2D eigenvalue weighted by molar-refractivity contribution is 5.98. The fraction of sp³-hybridized carbons (Fsp3) is 0.333. The SMILES string of the molecule is C[C@@H]1CN([C@@H](C)CO)C(=O)c2cc(-c3ccc(F)cc3)cnc2O[C@H]1CN(C)C(=O)c1ccccn1. The number of halogens is 1. The second-order valence-electron chi connectivity index (χ2n) is 9.11. The molecule has 0 saturated heterocycles. The fourth-order valence-corrected chi connectivity index (χ4v) is 4.16. The van der Waals surface area contributed by atoms with E-state index in [2.05, 4.69) is 9.97 Å². The number of nitrogens with zero attached hydrogens (tertiary/aromatic N) is 4. The van der Waals surface area contributed by atoms with Crippen LogP contribution >= 0.6 is 0 Å². The molecule has 0 radical (unpaired) electrons. The summed E-state index contributed by atoms with van der Waals surface area (Å²) in [7, 11) is 1.68. The molecular weight excluding hydrogens is 463 g/mol. The maximum absolute atomic E-state index is 13.6. The molecule has 3 atom stereocenters. The third-order valence-corrected chi connectivity index (χ3v) is 6.38. The Bertz CT molecular complexity index is 1220. The van der Waals surface area contributed by atoms with Crippen molar-refractivity contribution < 1.29 is 23.8 Å². The maximum Gasteiger partial charge on any atom is 0.272 e. The van der Waals surface area contributed by atoms with E-state index < -0.39 is 12.1 Å². The Morgan fingerprint density at radius 1 is 1.22 bits per heavy atom. The Kier molecular flexibility index (Phi) is 7.59. The van der Waals surface area contributed by atoms with Gasteiger partial charge < -0.3 is 19.6 Å². The van der Waals surface area contributed by atoms with E-state index >= 15 is 0 Å². The summed E-state index contributed by atoms with van der Waals surface area (Å²) in [4.78, 5) is 38.2. The van der Waals surface area contributed by atoms with Gasteiger partial charge in [0.25, 0.3) is 11.8 Å². The second-order valence-corrected chi connectivity index (χ2v) is 9.11. The summed E-state index contributed by atoms with van der Waals surface area (Å²) < 4.78 is 19.7. The number of rotatable bonds is 6. The standard InChI is InChI=1S/C27H29FN4O4/c1-17-14-32(18(2)16-33)26(34)22-12-20(19-7-9-21(28)10-8-19)13-30-25(22)36-24(17)15-31(3)27(35)23-6-4-5-11-29-23/h4-13,17-18,24,33H,14-16H2,1-3H3/t17-,18+,24+/m1/s1. The zero-order valence-corrected chi connectivity index (χ0v) is 20.5. The number of ether oxygens (including phenoxy) is 1. The van der Waals surface area contributed by atoms with Crippen molar-refractivity contribution in [3.63, 3.8) is 0 Å². The first kappa shape index (κ1) is 25.2. The van der Waals surface area contributed by atoms with Crippen LogP contribution < -0.4 is 4.74 Å². The van der Waals surface area contributed by atoms with Gasteiger partial charge in [0.05, 0.1) is 19.2 Å². The lowest BCUT2D eigenvalue weighted by atomic mass is 9.99. The first-order valence-corrected chi connectivity index (χ1v) is 11.8. The Hall–Kier alpha value is -3.85. The van der Waals surface area contributed by atoms with Crippen molar-refractivity contribution in [3.05, 3.63) is 78.0 Å². The number of aliphatic hydroxyl groups is 1. The predicted octanol–water partition coefficient (Wildman–Crippen LogP) is 3.28. The lowest BCUT2D eigenvalue weighted by molar-refractivity contribution is 0.0312. The van der Waals surface area contributed by atoms with Crippen LogP contribution in [0.5, 0.6) is 5.88 Å². The van der Waals surface area contributed by atoms with Crippen molar-refractivity contribution >= 4 is 11.8 Å². The number of aliphatic hydroxyl groups excluding tert-OH is 1. The number of aromatic nitrogens is 2. The van der Waals surface area contributed by atoms with Crippen LogP contribution in [0.15, 0.2) is 60.9 Å². The minimum atomic E-state index is -0.480. The van der Waals surface area contributed by atoms with Gasteiger partial charge in [0.1, 0.15) is 23.2 Å². The Labute approximate surface area is 209 Å². The van der Waals surface area contributed by atoms with Crippen LogP contribution in [-0.2, 0) is 0 Å². The molecule has 0 saturated carbocycles. The smallest absolute Gasteiger partial charge is 0.272 e. The van der Waals surface area contributed by atoms with E-state index in [0.29, 0.717) is 23.4 Å². The van der Waals surface area contributed by atoms with Crippen LogP contribution in [0, 0.1) is 11.7 Å². The molecule has 0 fully saturated rings. The molecule has 1 N–H and O–H groups in total. The van der Waals surface area contributed by atoms with E-state index in [4.69, 9.17) is 4.74 Å². The summed E-state index contributed by atoms with van der Waals surface area (Å²) in [5.74, 6) is -0.942. The average Bonchev–Trinajstić information content (AvgIpc) is 2.90. The quantitative estimate of drug-likeness (QED) is 0.568. The molecule has 4 rings (SSSR count). The van der Waals surface area contributed by atoms with Crippen molar-refractivity contribution in [1.29, 1.82) is 0 Å². The van der Waals surface area contributed by atoms with Gasteiger partial charge in [-0.1, -0.05) is 25.1 Å². The molecule has 1 aliphatic rings. The van der Waals surface area contributed by atoms with Crippen molar-refractivity contribution in [1.82, 2.24) is 19.8 Å². The summed E-state index contributed by atoms with van der Waals surface area (Å²) in [6.45, 7) is 4.06. The van der Waals surface area contributed by atoms with Crippen molar-refractivity contribution in [2.45, 2.75) is 26.0 Å². The lowest BCUT2D eigenvalue weighted by Gasteiger charge is -2.37. The minimum absolute atomic E-state index is 0.149. The van der Waals surface area contributed by atoms with E-state index in [1.54, 1.807) is 72.6 Å². The zero-order valence-electron chi connectivity index (χ0n) is 20.5. The molecule has 188 valence electrons. The van der Waals surface area contributed by atoms with E-state index in [1.165, 1.54) is 12.1 Å². The number of amides is 2. The van der Waals surface area contributed by atoms with Gasteiger partial charge in [-0.05, 0) is 42.8 Å². The van der Waals surface area contributed by atoms with Gasteiger partial charge in [0.15, 0.2) is 0 Å². The van der Waals surface area contributed by atoms with E-state index in [9.17, 15) is 19.1 Å². The number of benzene rings is 1. The number of carbonyl (C=O) groups is 2. The molecule has 36 heavy (non-hydrogen) atoms. The molecule has 0 aliphatic carbocycles. The van der Waals surface area contributed by atoms with Crippen LogP contribution in [-0.4, -0.2) is 75.6 Å². The number of hydrogen-bond donors (Lipinski definition) is 1. The monoisotopic (exact) mass is 492 g/mol. The molecule has 0 spiro atoms. The molecule has 3 heterocycles. The molecule has 0 unspecified atom stereocenters. The number of hydrogen-bond acceptors (Lipinski definition) is 6. The number of carbonyl (C=O) groups excluding carboxylic acids is 2. The minimum Gasteiger partial charge on any atom is -0.472 e. The van der Waals surface area contributed by atoms with Gasteiger partial charge in [-0.2, -0.15) is 0 Å². The van der Waals surface area contributed by atoms with Crippen LogP contribution in [0.3, 0.4) is 0 Å². The first-order valence-electron chi connectivity index (χ1n) is 11.8. The summed E-state index contributed by atoms with van der Waals surface area (Å²) in [5, 5.41) is 9.83. The third-order valence-electron chi connectivity index (χ3n) is 6.38. The molecule has 2 amide bonds. The molecule has 8 nitrogen and oxygen atoms in total. The van der Waals surface area contributed by atoms with Crippen molar-refractivity contribution in [3.8, 4) is 17.0 Å². The van der Waals surface area contributed by atoms with Gasteiger partial charge in [-0.25, -0.2) is 9.37 Å². The summed E-state index contributed by atoms with van der Waals surface area (Å²) in [5.41, 5.74) is 1.91. The highest BCUT2D eigenvalue weighted by Crippen LogP contribution is 2.30. The Balaban J connectivity index is 1.68. The number of pyridine rings is 2. The number of fused-ring (bicyclic) bond motifs is 1. The lowest BCUT2D eigenvalue weighted by Crippen LogP contribution is -2.50. The molecule has 3 aromatic rings. The number of likely N-dealkylation sites (N-methyl/N-ethyl adjacent to an activating group) is 1. The Morgan fingerprint density at radius 3 is 2.64 bits per heavy atom. The van der Waals surface area contributed by atoms with Crippen molar-refractivity contribution in [2.24, 2.45) is 5.92 Å². The maximum atomic E-state index is 13.6. The van der Waals surface area contributed by atoms with E-state index in [0.717, 1.165) is 0 Å². The molecule has 9 heteroatoms. The topological polar surface area (TPSA) is 95.9 Å². The zero-order chi connectivity index (χ0) is 25.8. The van der Waals surface area contributed by atoms with Gasteiger partial charge in [0, 0.05) is 37.5 Å². The van der Waals surface area contributed by atoms with E-state index in [-0.39, 0.29) is 48.1 Å². The van der Waals surface area contributed by atoms with Gasteiger partial charge >= 0.3 is 0 Å². The fourth-order valence-electron chi connectivity index (χ4n) is 4.16. The van der Waals surface area contributed by atoms with Crippen LogP contribution in [0.1, 0.15) is 34.7 Å². The van der Waals surface area contributed by atoms with Crippen molar-refractivity contribution in [2.75, 3.05) is 26.7 Å². The van der Waals surface area contributed by atoms with Gasteiger partial charge in [-0.3, -0.25) is 14.6 Å². The van der Waals surface area contributed by atoms with Crippen LogP contribution in [0.25, 0.3) is 11.1 Å². The highest BCUT2D eigenvalue weighted by Gasteiger charge is 2.35. The highest BCUT2D eigenvalue weighted by atomic mass is 19.1. The second kappa shape index (κ2) is 10.8. The van der Waals surface area contributed by atoms with Crippen LogP contribution in [0.4, 0.5) is 4.39 Å². The molecule has 1 aliphatic heterocycles. The normalized spacial score (nSPS) is 18.5. The average molecular weight is 493 g/mol. The molecule has 0 bridgehead atoms. The summed E-state index contributed by atoms with van der Waals surface area (Å²) >= 11 is 0. The predicted molar refractivity (Wildman–Crippen MR) is 132 cm³/mol. The van der Waals surface area contributed by atoms with E-state index in [1.807, 2.05) is 6.92 Å². The van der Waals surface area contributed by atoms with Gasteiger partial charge in [-0.15, -0.1) is 0 Å². The largest absolute Gasteiger partial charge is 0.472 e. The summed E-state index contributed by atoms with van der Waals surface area (Å²) in [6, 6.07) is 12.3. The molecule has 2 aromatic heterocycles.